The van der Waals surface area contributed by atoms with E-state index in [1.54, 1.807) is 30.3 Å². The zero-order chi connectivity index (χ0) is 18.2. The number of para-hydroxylation sites is 1. The molecule has 0 aliphatic rings. The Labute approximate surface area is 146 Å². The summed E-state index contributed by atoms with van der Waals surface area (Å²) in [5.41, 5.74) is 2.72. The lowest BCUT2D eigenvalue weighted by molar-refractivity contribution is -0.149. The van der Waals surface area contributed by atoms with Crippen molar-refractivity contribution >= 4 is 17.6 Å². The van der Waals surface area contributed by atoms with E-state index < -0.39 is 18.5 Å². The Hall–Kier alpha value is -3.33. The Balaban J connectivity index is 1.79. The van der Waals surface area contributed by atoms with Gasteiger partial charge in [-0.1, -0.05) is 29.8 Å². The van der Waals surface area contributed by atoms with E-state index in [0.29, 0.717) is 17.0 Å². The van der Waals surface area contributed by atoms with E-state index >= 15 is 0 Å². The highest BCUT2D eigenvalue weighted by atomic mass is 16.6. The molecule has 128 valence electrons. The van der Waals surface area contributed by atoms with Crippen LogP contribution < -0.4 is 10.1 Å². The fourth-order valence-corrected chi connectivity index (χ4v) is 2.16. The maximum atomic E-state index is 11.8. The molecule has 1 N–H and O–H groups in total. The van der Waals surface area contributed by atoms with Crippen molar-refractivity contribution < 1.29 is 19.1 Å². The summed E-state index contributed by atoms with van der Waals surface area (Å²) in [6.07, 6.45) is 0. The van der Waals surface area contributed by atoms with Crippen LogP contribution >= 0.6 is 0 Å². The summed E-state index contributed by atoms with van der Waals surface area (Å²) in [6, 6.07) is 14.1. The number of hydrogen-bond acceptors (Lipinski definition) is 5. The molecular formula is C19H18N2O4. The molecule has 0 fully saturated rings. The molecule has 0 aliphatic carbocycles. The van der Waals surface area contributed by atoms with Gasteiger partial charge < -0.3 is 14.8 Å². The summed E-state index contributed by atoms with van der Waals surface area (Å²) in [5, 5.41) is 11.5. The molecule has 0 heterocycles. The van der Waals surface area contributed by atoms with Crippen LogP contribution in [0.5, 0.6) is 5.75 Å². The van der Waals surface area contributed by atoms with Crippen LogP contribution in [0.2, 0.25) is 0 Å². The number of amides is 1. The standard InChI is InChI=1S/C19H18N2O4/c1-13-7-8-17(14(2)9-13)24-12-19(23)25-11-18(22)21-16-6-4-3-5-15(16)10-20/h3-9H,11-12H2,1-2H3,(H,21,22). The molecule has 0 radical (unpaired) electrons. The number of nitriles is 1. The highest BCUT2D eigenvalue weighted by Crippen LogP contribution is 2.18. The number of carbonyl (C=O) groups excluding carboxylic acids is 2. The minimum atomic E-state index is -0.649. The predicted molar refractivity (Wildman–Crippen MR) is 92.2 cm³/mol. The van der Waals surface area contributed by atoms with Crippen LogP contribution in [0.25, 0.3) is 0 Å². The number of aryl methyl sites for hydroxylation is 2. The quantitative estimate of drug-likeness (QED) is 0.818. The Morgan fingerprint density at radius 2 is 1.88 bits per heavy atom. The molecule has 0 unspecified atom stereocenters. The number of anilines is 1. The van der Waals surface area contributed by atoms with Gasteiger partial charge in [-0.05, 0) is 37.6 Å². The van der Waals surface area contributed by atoms with E-state index in [2.05, 4.69) is 5.32 Å². The average Bonchev–Trinajstić information content (AvgIpc) is 2.59. The number of benzene rings is 2. The molecule has 2 aromatic rings. The second-order valence-electron chi connectivity index (χ2n) is 5.42. The zero-order valence-corrected chi connectivity index (χ0v) is 14.0. The minimum Gasteiger partial charge on any atom is -0.482 e. The molecule has 0 spiro atoms. The molecule has 2 aromatic carbocycles. The Morgan fingerprint density at radius 3 is 2.60 bits per heavy atom. The zero-order valence-electron chi connectivity index (χ0n) is 14.0. The van der Waals surface area contributed by atoms with Crippen molar-refractivity contribution in [3.8, 4) is 11.8 Å². The molecule has 25 heavy (non-hydrogen) atoms. The summed E-state index contributed by atoms with van der Waals surface area (Å²) in [4.78, 5) is 23.5. The summed E-state index contributed by atoms with van der Waals surface area (Å²) in [5.74, 6) is -0.582. The fraction of sp³-hybridized carbons (Fsp3) is 0.211. The van der Waals surface area contributed by atoms with Crippen molar-refractivity contribution in [2.24, 2.45) is 0 Å². The monoisotopic (exact) mass is 338 g/mol. The van der Waals surface area contributed by atoms with E-state index in [1.807, 2.05) is 32.0 Å². The number of nitrogens with zero attached hydrogens (tertiary/aromatic N) is 1. The van der Waals surface area contributed by atoms with Crippen LogP contribution in [0, 0.1) is 25.2 Å². The lowest BCUT2D eigenvalue weighted by atomic mass is 10.1. The van der Waals surface area contributed by atoms with Crippen LogP contribution in [-0.2, 0) is 14.3 Å². The number of ether oxygens (including phenoxy) is 2. The normalized spacial score (nSPS) is 9.80. The second-order valence-corrected chi connectivity index (χ2v) is 5.42. The maximum Gasteiger partial charge on any atom is 0.344 e. The Bertz CT molecular complexity index is 824. The Kier molecular flexibility index (Phi) is 6.13. The lowest BCUT2D eigenvalue weighted by Gasteiger charge is -2.10. The summed E-state index contributed by atoms with van der Waals surface area (Å²) >= 11 is 0. The van der Waals surface area contributed by atoms with Gasteiger partial charge in [0.25, 0.3) is 5.91 Å². The summed E-state index contributed by atoms with van der Waals surface area (Å²) in [7, 11) is 0. The fourth-order valence-electron chi connectivity index (χ4n) is 2.16. The maximum absolute atomic E-state index is 11.8. The first kappa shape index (κ1) is 18.0. The van der Waals surface area contributed by atoms with Gasteiger partial charge >= 0.3 is 5.97 Å². The van der Waals surface area contributed by atoms with Crippen LogP contribution in [-0.4, -0.2) is 25.1 Å². The first-order valence-electron chi connectivity index (χ1n) is 7.64. The lowest BCUT2D eigenvalue weighted by Crippen LogP contribution is -2.24. The van der Waals surface area contributed by atoms with Gasteiger partial charge in [0.05, 0.1) is 11.3 Å². The van der Waals surface area contributed by atoms with Crippen molar-refractivity contribution in [2.45, 2.75) is 13.8 Å². The SMILES string of the molecule is Cc1ccc(OCC(=O)OCC(=O)Nc2ccccc2C#N)c(C)c1. The molecule has 0 aliphatic heterocycles. The number of rotatable bonds is 6. The van der Waals surface area contributed by atoms with Crippen molar-refractivity contribution in [2.75, 3.05) is 18.5 Å². The smallest absolute Gasteiger partial charge is 0.344 e. The highest BCUT2D eigenvalue weighted by molar-refractivity contribution is 5.94. The average molecular weight is 338 g/mol. The first-order valence-corrected chi connectivity index (χ1v) is 7.64. The van der Waals surface area contributed by atoms with Gasteiger partial charge in [-0.15, -0.1) is 0 Å². The van der Waals surface area contributed by atoms with Gasteiger partial charge in [-0.25, -0.2) is 4.79 Å². The third kappa shape index (κ3) is 5.36. The van der Waals surface area contributed by atoms with Gasteiger partial charge in [0, 0.05) is 0 Å². The van der Waals surface area contributed by atoms with Gasteiger partial charge in [0.2, 0.25) is 0 Å². The molecule has 6 nitrogen and oxygen atoms in total. The number of hydrogen-bond donors (Lipinski definition) is 1. The second kappa shape index (κ2) is 8.50. The van der Waals surface area contributed by atoms with Crippen LogP contribution in [0.1, 0.15) is 16.7 Å². The Morgan fingerprint density at radius 1 is 1.12 bits per heavy atom. The largest absolute Gasteiger partial charge is 0.482 e. The van der Waals surface area contributed by atoms with Crippen LogP contribution in [0.4, 0.5) is 5.69 Å². The molecule has 0 aromatic heterocycles. The molecule has 0 atom stereocenters. The summed E-state index contributed by atoms with van der Waals surface area (Å²) < 4.78 is 10.3. The van der Waals surface area contributed by atoms with Crippen LogP contribution in [0.3, 0.4) is 0 Å². The van der Waals surface area contributed by atoms with Crippen molar-refractivity contribution in [1.29, 1.82) is 5.26 Å². The summed E-state index contributed by atoms with van der Waals surface area (Å²) in [6.45, 7) is 3.11. The van der Waals surface area contributed by atoms with Crippen molar-refractivity contribution in [3.63, 3.8) is 0 Å². The predicted octanol–water partition coefficient (Wildman–Crippen LogP) is 2.74. The molecule has 0 saturated heterocycles. The van der Waals surface area contributed by atoms with Crippen molar-refractivity contribution in [3.05, 3.63) is 59.2 Å². The van der Waals surface area contributed by atoms with E-state index in [4.69, 9.17) is 14.7 Å². The van der Waals surface area contributed by atoms with Gasteiger partial charge in [0.15, 0.2) is 13.2 Å². The van der Waals surface area contributed by atoms with Gasteiger partial charge in [0.1, 0.15) is 11.8 Å². The molecule has 0 bridgehead atoms. The van der Waals surface area contributed by atoms with Crippen molar-refractivity contribution in [1.82, 2.24) is 0 Å². The molecule has 2 rings (SSSR count). The van der Waals surface area contributed by atoms with Gasteiger partial charge in [-0.3, -0.25) is 4.79 Å². The first-order chi connectivity index (χ1) is 12.0. The third-order valence-electron chi connectivity index (χ3n) is 3.36. The van der Waals surface area contributed by atoms with Gasteiger partial charge in [-0.2, -0.15) is 5.26 Å². The molecule has 1 amide bonds. The third-order valence-corrected chi connectivity index (χ3v) is 3.36. The molecule has 6 heteroatoms. The highest BCUT2D eigenvalue weighted by Gasteiger charge is 2.11. The molecule has 0 saturated carbocycles. The number of nitrogens with one attached hydrogen (secondary N) is 1. The van der Waals surface area contributed by atoms with E-state index in [9.17, 15) is 9.59 Å². The van der Waals surface area contributed by atoms with E-state index in [0.717, 1.165) is 11.1 Å². The minimum absolute atomic E-state index is 0.286. The number of carbonyl (C=O) groups is 2. The van der Waals surface area contributed by atoms with Crippen LogP contribution in [0.15, 0.2) is 42.5 Å². The van der Waals surface area contributed by atoms with E-state index in [1.165, 1.54) is 0 Å². The van der Waals surface area contributed by atoms with E-state index in [-0.39, 0.29) is 6.61 Å². The molecular weight excluding hydrogens is 320 g/mol. The number of esters is 1. The topological polar surface area (TPSA) is 88.4 Å².